The molecule has 1 aromatic rings. The van der Waals surface area contributed by atoms with Gasteiger partial charge in [-0.25, -0.2) is 0 Å². The molecule has 0 atom stereocenters. The van der Waals surface area contributed by atoms with E-state index in [-0.39, 0.29) is 5.69 Å². The number of nitrogens with zero attached hydrogens (tertiary/aromatic N) is 1. The van der Waals surface area contributed by atoms with E-state index >= 15 is 0 Å². The highest BCUT2D eigenvalue weighted by Crippen LogP contribution is 2.28. The lowest BCUT2D eigenvalue weighted by Gasteiger charge is -2.19. The Kier molecular flexibility index (Phi) is 3.65. The van der Waals surface area contributed by atoms with Crippen molar-refractivity contribution < 1.29 is 18.0 Å². The fourth-order valence-electron chi connectivity index (χ4n) is 1.08. The molecular weight excluding hydrogens is 245 g/mol. The van der Waals surface area contributed by atoms with E-state index in [2.05, 4.69) is 16.2 Å². The number of hydrogen-bond donors (Lipinski definition) is 1. The van der Waals surface area contributed by atoms with Gasteiger partial charge in [0.15, 0.2) is 0 Å². The van der Waals surface area contributed by atoms with Gasteiger partial charge in [0.2, 0.25) is 0 Å². The van der Waals surface area contributed by atoms with Crippen molar-refractivity contribution in [3.8, 4) is 12.3 Å². The number of carbonyl (C=O) groups excluding carboxylic acids is 1. The fourth-order valence-corrected chi connectivity index (χ4v) is 1.08. The number of carbonyl (C=O) groups is 1. The van der Waals surface area contributed by atoms with Gasteiger partial charge in [-0.05, 0) is 26.0 Å². The molecule has 0 bridgehead atoms. The highest BCUT2D eigenvalue weighted by Gasteiger charge is 2.31. The second-order valence-electron chi connectivity index (χ2n) is 4.15. The molecule has 0 spiro atoms. The zero-order chi connectivity index (χ0) is 14.0. The summed E-state index contributed by atoms with van der Waals surface area (Å²) in [5.41, 5.74) is -1.91. The molecule has 0 aliphatic heterocycles. The second-order valence-corrected chi connectivity index (χ2v) is 4.15. The van der Waals surface area contributed by atoms with E-state index < -0.39 is 23.2 Å². The molecule has 1 N–H and O–H groups in total. The minimum atomic E-state index is -4.47. The predicted molar refractivity (Wildman–Crippen MR) is 59.6 cm³/mol. The van der Waals surface area contributed by atoms with Gasteiger partial charge in [-0.2, -0.15) is 13.2 Å². The zero-order valence-corrected chi connectivity index (χ0v) is 9.80. The van der Waals surface area contributed by atoms with Crippen LogP contribution in [-0.2, 0) is 6.18 Å². The van der Waals surface area contributed by atoms with Crippen LogP contribution < -0.4 is 5.32 Å². The summed E-state index contributed by atoms with van der Waals surface area (Å²) in [5, 5.41) is 2.46. The summed E-state index contributed by atoms with van der Waals surface area (Å²) in [4.78, 5) is 15.1. The number of pyridine rings is 1. The van der Waals surface area contributed by atoms with Crippen LogP contribution in [0.4, 0.5) is 13.2 Å². The Bertz CT molecular complexity index is 484. The number of alkyl halides is 3. The quantitative estimate of drug-likeness (QED) is 0.824. The van der Waals surface area contributed by atoms with Crippen molar-refractivity contribution in [1.29, 1.82) is 0 Å². The molecule has 3 nitrogen and oxygen atoms in total. The Hall–Kier alpha value is -2.03. The van der Waals surface area contributed by atoms with E-state index in [0.717, 1.165) is 12.1 Å². The van der Waals surface area contributed by atoms with Crippen LogP contribution in [0.15, 0.2) is 18.3 Å². The number of amides is 1. The maximum atomic E-state index is 12.3. The highest BCUT2D eigenvalue weighted by molar-refractivity contribution is 5.93. The lowest BCUT2D eigenvalue weighted by atomic mass is 10.1. The highest BCUT2D eigenvalue weighted by atomic mass is 19.4. The molecule has 0 fully saturated rings. The summed E-state index contributed by atoms with van der Waals surface area (Å²) >= 11 is 0. The van der Waals surface area contributed by atoms with Crippen LogP contribution in [-0.4, -0.2) is 16.4 Å². The maximum absolute atomic E-state index is 12.3. The number of terminal acetylenes is 1. The molecule has 0 aromatic carbocycles. The first kappa shape index (κ1) is 14.0. The smallest absolute Gasteiger partial charge is 0.335 e. The normalized spacial score (nSPS) is 11.8. The van der Waals surface area contributed by atoms with Crippen molar-refractivity contribution in [2.24, 2.45) is 0 Å². The maximum Gasteiger partial charge on any atom is 0.417 e. The van der Waals surface area contributed by atoms with Crippen molar-refractivity contribution >= 4 is 5.91 Å². The van der Waals surface area contributed by atoms with E-state index in [0.29, 0.717) is 6.20 Å². The molecule has 1 rings (SSSR count). The van der Waals surface area contributed by atoms with Crippen LogP contribution in [0.1, 0.15) is 29.9 Å². The molecule has 0 saturated carbocycles. The molecule has 18 heavy (non-hydrogen) atoms. The second kappa shape index (κ2) is 4.69. The SMILES string of the molecule is C#CC(C)(C)NC(=O)c1ccc(C(F)(F)F)cn1. The average Bonchev–Trinajstić information content (AvgIpc) is 2.27. The van der Waals surface area contributed by atoms with Crippen LogP contribution in [0.5, 0.6) is 0 Å². The lowest BCUT2D eigenvalue weighted by Crippen LogP contribution is -2.42. The molecule has 1 heterocycles. The summed E-state index contributed by atoms with van der Waals surface area (Å²) in [7, 11) is 0. The Labute approximate surface area is 102 Å². The summed E-state index contributed by atoms with van der Waals surface area (Å²) in [6.07, 6.45) is 1.32. The molecule has 6 heteroatoms. The number of halogens is 3. The van der Waals surface area contributed by atoms with Crippen LogP contribution in [0.3, 0.4) is 0 Å². The molecule has 0 saturated heterocycles. The Morgan fingerprint density at radius 3 is 2.39 bits per heavy atom. The fraction of sp³-hybridized carbons (Fsp3) is 0.333. The molecule has 0 unspecified atom stereocenters. The van der Waals surface area contributed by atoms with Gasteiger partial charge in [-0.3, -0.25) is 9.78 Å². The third-order valence-electron chi connectivity index (χ3n) is 2.11. The Morgan fingerprint density at radius 1 is 1.39 bits per heavy atom. The number of rotatable bonds is 2. The minimum Gasteiger partial charge on any atom is -0.335 e. The molecular formula is C12H11F3N2O. The van der Waals surface area contributed by atoms with Gasteiger partial charge in [-0.15, -0.1) is 6.42 Å². The molecule has 1 amide bonds. The van der Waals surface area contributed by atoms with Gasteiger partial charge in [0, 0.05) is 6.20 Å². The molecule has 0 aliphatic rings. The van der Waals surface area contributed by atoms with Crippen molar-refractivity contribution in [1.82, 2.24) is 10.3 Å². The molecule has 0 aliphatic carbocycles. The van der Waals surface area contributed by atoms with Crippen molar-refractivity contribution in [3.63, 3.8) is 0 Å². The zero-order valence-electron chi connectivity index (χ0n) is 9.80. The van der Waals surface area contributed by atoms with Gasteiger partial charge in [-0.1, -0.05) is 5.92 Å². The Morgan fingerprint density at radius 2 is 2.00 bits per heavy atom. The molecule has 96 valence electrons. The third kappa shape index (κ3) is 3.48. The standard InChI is InChI=1S/C12H11F3N2O/c1-4-11(2,3)17-10(18)9-6-5-8(7-16-9)12(13,14)15/h1,5-7H,2-3H3,(H,17,18). The van der Waals surface area contributed by atoms with Gasteiger partial charge in [0.05, 0.1) is 11.1 Å². The minimum absolute atomic E-state index is 0.119. The van der Waals surface area contributed by atoms with Gasteiger partial charge in [0.1, 0.15) is 5.69 Å². The third-order valence-corrected chi connectivity index (χ3v) is 2.11. The van der Waals surface area contributed by atoms with E-state index in [1.165, 1.54) is 0 Å². The van der Waals surface area contributed by atoms with Gasteiger partial charge < -0.3 is 5.32 Å². The first-order valence-corrected chi connectivity index (χ1v) is 4.99. The lowest BCUT2D eigenvalue weighted by molar-refractivity contribution is -0.137. The first-order valence-electron chi connectivity index (χ1n) is 4.99. The summed E-state index contributed by atoms with van der Waals surface area (Å²) in [5.74, 6) is 1.72. The Balaban J connectivity index is 2.87. The van der Waals surface area contributed by atoms with Crippen molar-refractivity contribution in [2.75, 3.05) is 0 Å². The monoisotopic (exact) mass is 256 g/mol. The molecule has 0 radical (unpaired) electrons. The van der Waals surface area contributed by atoms with Gasteiger partial charge >= 0.3 is 6.18 Å². The first-order chi connectivity index (χ1) is 8.15. The average molecular weight is 256 g/mol. The van der Waals surface area contributed by atoms with E-state index in [4.69, 9.17) is 6.42 Å². The topological polar surface area (TPSA) is 42.0 Å². The summed E-state index contributed by atoms with van der Waals surface area (Å²) in [6.45, 7) is 3.18. The summed E-state index contributed by atoms with van der Waals surface area (Å²) < 4.78 is 36.8. The van der Waals surface area contributed by atoms with Crippen LogP contribution in [0.25, 0.3) is 0 Å². The largest absolute Gasteiger partial charge is 0.417 e. The van der Waals surface area contributed by atoms with Crippen molar-refractivity contribution in [2.45, 2.75) is 25.6 Å². The van der Waals surface area contributed by atoms with E-state index in [1.54, 1.807) is 13.8 Å². The van der Waals surface area contributed by atoms with Crippen LogP contribution in [0, 0.1) is 12.3 Å². The molecule has 1 aromatic heterocycles. The van der Waals surface area contributed by atoms with Crippen molar-refractivity contribution in [3.05, 3.63) is 29.6 Å². The number of hydrogen-bond acceptors (Lipinski definition) is 2. The van der Waals surface area contributed by atoms with E-state index in [1.807, 2.05) is 0 Å². The van der Waals surface area contributed by atoms with Crippen LogP contribution in [0.2, 0.25) is 0 Å². The predicted octanol–water partition coefficient (Wildman–Crippen LogP) is 2.24. The van der Waals surface area contributed by atoms with E-state index in [9.17, 15) is 18.0 Å². The van der Waals surface area contributed by atoms with Gasteiger partial charge in [0.25, 0.3) is 5.91 Å². The summed E-state index contributed by atoms with van der Waals surface area (Å²) in [6, 6.07) is 1.80. The number of nitrogens with one attached hydrogen (secondary N) is 1. The number of aromatic nitrogens is 1. The van der Waals surface area contributed by atoms with Crippen LogP contribution >= 0.6 is 0 Å².